The molecule has 0 unspecified atom stereocenters. The van der Waals surface area contributed by atoms with Crippen molar-refractivity contribution in [2.45, 2.75) is 26.7 Å². The van der Waals surface area contributed by atoms with Gasteiger partial charge < -0.3 is 15.2 Å². The van der Waals surface area contributed by atoms with E-state index in [4.69, 9.17) is 9.84 Å². The molecule has 0 spiro atoms. The van der Waals surface area contributed by atoms with Gasteiger partial charge in [0.1, 0.15) is 5.75 Å². The van der Waals surface area contributed by atoms with Gasteiger partial charge in [-0.25, -0.2) is 0 Å². The minimum atomic E-state index is -0.120. The molecule has 0 saturated carbocycles. The minimum Gasteiger partial charge on any atom is -0.484 e. The SMILES string of the molecule is CC(C)(CO)CCCNC(=O)COc1ccccc1. The van der Waals surface area contributed by atoms with Crippen LogP contribution in [0, 0.1) is 5.41 Å². The Labute approximate surface area is 114 Å². The average molecular weight is 265 g/mol. The average Bonchev–Trinajstić information content (AvgIpc) is 2.42. The van der Waals surface area contributed by atoms with E-state index in [2.05, 4.69) is 5.32 Å². The Balaban J connectivity index is 2.12. The molecule has 0 atom stereocenters. The van der Waals surface area contributed by atoms with Crippen molar-refractivity contribution in [3.8, 4) is 5.75 Å². The highest BCUT2D eigenvalue weighted by Crippen LogP contribution is 2.20. The number of amides is 1. The number of nitrogens with one attached hydrogen (secondary N) is 1. The molecule has 4 nitrogen and oxygen atoms in total. The summed E-state index contributed by atoms with van der Waals surface area (Å²) in [7, 11) is 0. The maximum absolute atomic E-state index is 11.5. The van der Waals surface area contributed by atoms with Crippen LogP contribution in [0.5, 0.6) is 5.75 Å². The quantitative estimate of drug-likeness (QED) is 0.707. The molecule has 1 rings (SSSR count). The van der Waals surface area contributed by atoms with Crippen molar-refractivity contribution < 1.29 is 14.6 Å². The molecule has 1 aromatic carbocycles. The molecule has 0 bridgehead atoms. The lowest BCUT2D eigenvalue weighted by Crippen LogP contribution is -2.30. The summed E-state index contributed by atoms with van der Waals surface area (Å²) in [6, 6.07) is 9.26. The Morgan fingerprint density at radius 2 is 2.00 bits per heavy atom. The predicted molar refractivity (Wildman–Crippen MR) is 75.0 cm³/mol. The van der Waals surface area contributed by atoms with Gasteiger partial charge in [-0.2, -0.15) is 0 Å². The second-order valence-corrected chi connectivity index (χ2v) is 5.38. The molecule has 106 valence electrons. The molecular formula is C15H23NO3. The second-order valence-electron chi connectivity index (χ2n) is 5.38. The van der Waals surface area contributed by atoms with Gasteiger partial charge in [-0.05, 0) is 30.4 Å². The molecule has 4 heteroatoms. The van der Waals surface area contributed by atoms with Crippen LogP contribution in [0.25, 0.3) is 0 Å². The van der Waals surface area contributed by atoms with E-state index in [9.17, 15) is 4.79 Å². The monoisotopic (exact) mass is 265 g/mol. The molecule has 0 radical (unpaired) electrons. The van der Waals surface area contributed by atoms with Gasteiger partial charge in [-0.15, -0.1) is 0 Å². The second kappa shape index (κ2) is 7.79. The van der Waals surface area contributed by atoms with Crippen LogP contribution >= 0.6 is 0 Å². The van der Waals surface area contributed by atoms with Crippen molar-refractivity contribution in [2.75, 3.05) is 19.8 Å². The number of aliphatic hydroxyl groups is 1. The van der Waals surface area contributed by atoms with E-state index in [0.717, 1.165) is 12.8 Å². The third kappa shape index (κ3) is 6.82. The van der Waals surface area contributed by atoms with Gasteiger partial charge in [0.15, 0.2) is 6.61 Å². The van der Waals surface area contributed by atoms with Gasteiger partial charge in [0.25, 0.3) is 5.91 Å². The maximum atomic E-state index is 11.5. The van der Waals surface area contributed by atoms with Gasteiger partial charge in [-0.1, -0.05) is 32.0 Å². The first kappa shape index (κ1) is 15.5. The first-order chi connectivity index (χ1) is 9.03. The van der Waals surface area contributed by atoms with E-state index in [1.807, 2.05) is 44.2 Å². The molecule has 0 aliphatic heterocycles. The Bertz CT molecular complexity index is 376. The van der Waals surface area contributed by atoms with E-state index in [1.165, 1.54) is 0 Å². The molecule has 0 aliphatic carbocycles. The molecule has 0 aromatic heterocycles. The lowest BCUT2D eigenvalue weighted by molar-refractivity contribution is -0.123. The largest absolute Gasteiger partial charge is 0.484 e. The Morgan fingerprint density at radius 3 is 2.63 bits per heavy atom. The zero-order valence-electron chi connectivity index (χ0n) is 11.7. The summed E-state index contributed by atoms with van der Waals surface area (Å²) in [5.41, 5.74) is -0.0781. The first-order valence-corrected chi connectivity index (χ1v) is 6.59. The molecular weight excluding hydrogens is 242 g/mol. The lowest BCUT2D eigenvalue weighted by Gasteiger charge is -2.21. The summed E-state index contributed by atoms with van der Waals surface area (Å²) in [6.45, 7) is 4.83. The third-order valence-electron chi connectivity index (χ3n) is 2.89. The van der Waals surface area contributed by atoms with Crippen molar-refractivity contribution in [2.24, 2.45) is 5.41 Å². The van der Waals surface area contributed by atoms with E-state index < -0.39 is 0 Å². The number of benzene rings is 1. The van der Waals surface area contributed by atoms with Crippen LogP contribution in [-0.2, 0) is 4.79 Å². The molecule has 0 fully saturated rings. The van der Waals surface area contributed by atoms with Crippen molar-refractivity contribution in [3.05, 3.63) is 30.3 Å². The number of rotatable bonds is 8. The van der Waals surface area contributed by atoms with E-state index >= 15 is 0 Å². The fraction of sp³-hybridized carbons (Fsp3) is 0.533. The summed E-state index contributed by atoms with van der Waals surface area (Å²) in [4.78, 5) is 11.5. The summed E-state index contributed by atoms with van der Waals surface area (Å²) in [5, 5.41) is 11.9. The van der Waals surface area contributed by atoms with Gasteiger partial charge >= 0.3 is 0 Å². The number of carbonyl (C=O) groups excluding carboxylic acids is 1. The number of hydrogen-bond donors (Lipinski definition) is 2. The topological polar surface area (TPSA) is 58.6 Å². The van der Waals surface area contributed by atoms with Crippen LogP contribution < -0.4 is 10.1 Å². The van der Waals surface area contributed by atoms with Crippen molar-refractivity contribution in [1.29, 1.82) is 0 Å². The molecule has 2 N–H and O–H groups in total. The third-order valence-corrected chi connectivity index (χ3v) is 2.89. The van der Waals surface area contributed by atoms with E-state index in [1.54, 1.807) is 0 Å². The molecule has 0 saturated heterocycles. The zero-order valence-corrected chi connectivity index (χ0v) is 11.7. The van der Waals surface area contributed by atoms with Gasteiger partial charge in [-0.3, -0.25) is 4.79 Å². The smallest absolute Gasteiger partial charge is 0.257 e. The molecule has 0 aliphatic rings. The highest BCUT2D eigenvalue weighted by molar-refractivity contribution is 5.77. The number of carbonyl (C=O) groups is 1. The number of ether oxygens (including phenoxy) is 1. The number of hydrogen-bond acceptors (Lipinski definition) is 3. The van der Waals surface area contributed by atoms with Crippen molar-refractivity contribution in [1.82, 2.24) is 5.32 Å². The Morgan fingerprint density at radius 1 is 1.32 bits per heavy atom. The molecule has 1 aromatic rings. The number of para-hydroxylation sites is 1. The Hall–Kier alpha value is -1.55. The van der Waals surface area contributed by atoms with Crippen LogP contribution in [0.3, 0.4) is 0 Å². The molecule has 1 amide bonds. The highest BCUT2D eigenvalue weighted by atomic mass is 16.5. The van der Waals surface area contributed by atoms with E-state index in [-0.39, 0.29) is 24.5 Å². The van der Waals surface area contributed by atoms with E-state index in [0.29, 0.717) is 12.3 Å². The highest BCUT2D eigenvalue weighted by Gasteiger charge is 2.15. The lowest BCUT2D eigenvalue weighted by atomic mass is 9.89. The summed E-state index contributed by atoms with van der Waals surface area (Å²) < 4.78 is 5.33. The van der Waals surface area contributed by atoms with Gasteiger partial charge in [0.2, 0.25) is 0 Å². The van der Waals surface area contributed by atoms with Gasteiger partial charge in [0.05, 0.1) is 0 Å². The predicted octanol–water partition coefficient (Wildman–Crippen LogP) is 1.98. The van der Waals surface area contributed by atoms with Crippen LogP contribution in [-0.4, -0.2) is 30.8 Å². The normalized spacial score (nSPS) is 11.1. The fourth-order valence-electron chi connectivity index (χ4n) is 1.59. The van der Waals surface area contributed by atoms with Crippen LogP contribution in [0.2, 0.25) is 0 Å². The Kier molecular flexibility index (Phi) is 6.36. The summed E-state index contributed by atoms with van der Waals surface area (Å²) in [6.07, 6.45) is 1.73. The summed E-state index contributed by atoms with van der Waals surface area (Å²) >= 11 is 0. The van der Waals surface area contributed by atoms with Crippen molar-refractivity contribution >= 4 is 5.91 Å². The van der Waals surface area contributed by atoms with Gasteiger partial charge in [0, 0.05) is 13.2 Å². The minimum absolute atomic E-state index is 0.0351. The standard InChI is InChI=1S/C15H23NO3/c1-15(2,12-17)9-6-10-16-14(18)11-19-13-7-4-3-5-8-13/h3-5,7-8,17H,6,9-12H2,1-2H3,(H,16,18). The van der Waals surface area contributed by atoms with Crippen LogP contribution in [0.4, 0.5) is 0 Å². The maximum Gasteiger partial charge on any atom is 0.257 e. The number of aliphatic hydroxyl groups excluding tert-OH is 1. The summed E-state index contributed by atoms with van der Waals surface area (Å²) in [5.74, 6) is 0.574. The van der Waals surface area contributed by atoms with Crippen LogP contribution in [0.15, 0.2) is 30.3 Å². The fourth-order valence-corrected chi connectivity index (χ4v) is 1.59. The van der Waals surface area contributed by atoms with Crippen molar-refractivity contribution in [3.63, 3.8) is 0 Å². The first-order valence-electron chi connectivity index (χ1n) is 6.59. The zero-order chi connectivity index (χ0) is 14.1. The molecule has 19 heavy (non-hydrogen) atoms. The molecule has 0 heterocycles. The van der Waals surface area contributed by atoms with Crippen LogP contribution in [0.1, 0.15) is 26.7 Å².